The molecule has 0 aliphatic rings. The van der Waals surface area contributed by atoms with E-state index in [4.69, 9.17) is 11.6 Å². The van der Waals surface area contributed by atoms with Gasteiger partial charge in [0, 0.05) is 15.8 Å². The van der Waals surface area contributed by atoms with Gasteiger partial charge in [-0.05, 0) is 52.2 Å². The van der Waals surface area contributed by atoms with E-state index < -0.39 is 0 Å². The molecule has 0 atom stereocenters. The molecular weight excluding hydrogens is 280 g/mol. The lowest BCUT2D eigenvalue weighted by atomic mass is 9.93. The summed E-state index contributed by atoms with van der Waals surface area (Å²) >= 11 is 6.10. The van der Waals surface area contributed by atoms with Crippen LogP contribution in [0.3, 0.4) is 0 Å². The molecule has 0 aromatic heterocycles. The fourth-order valence-electron chi connectivity index (χ4n) is 3.16. The fourth-order valence-corrected chi connectivity index (χ4v) is 3.34. The minimum atomic E-state index is 0.323. The topological polar surface area (TPSA) is 20.2 Å². The van der Waals surface area contributed by atoms with Gasteiger partial charge in [-0.15, -0.1) is 0 Å². The number of phenolic OH excluding ortho intramolecular Hbond substituents is 1. The molecule has 1 nitrogen and oxygen atoms in total. The summed E-state index contributed by atoms with van der Waals surface area (Å²) in [4.78, 5) is 0. The third-order valence-electron chi connectivity index (χ3n) is 4.10. The van der Waals surface area contributed by atoms with E-state index in [1.54, 1.807) is 6.07 Å². The second kappa shape index (κ2) is 4.37. The number of hydrogen-bond acceptors (Lipinski definition) is 1. The minimum absolute atomic E-state index is 0.323. The molecule has 102 valence electrons. The van der Waals surface area contributed by atoms with E-state index in [0.29, 0.717) is 5.75 Å². The van der Waals surface area contributed by atoms with Gasteiger partial charge in [0.15, 0.2) is 0 Å². The van der Waals surface area contributed by atoms with Crippen LogP contribution in [0.25, 0.3) is 32.3 Å². The summed E-state index contributed by atoms with van der Waals surface area (Å²) in [6, 6.07) is 17.9. The molecule has 0 fully saturated rings. The van der Waals surface area contributed by atoms with Crippen molar-refractivity contribution in [1.29, 1.82) is 0 Å². The number of hydrogen-bond donors (Lipinski definition) is 1. The van der Waals surface area contributed by atoms with Gasteiger partial charge < -0.3 is 5.11 Å². The van der Waals surface area contributed by atoms with Crippen molar-refractivity contribution in [3.8, 4) is 5.75 Å². The highest BCUT2D eigenvalue weighted by atomic mass is 35.5. The molecule has 0 saturated heterocycles. The molecule has 0 aliphatic carbocycles. The molecule has 1 N–H and O–H groups in total. The van der Waals surface area contributed by atoms with E-state index in [1.807, 2.05) is 24.3 Å². The predicted octanol–water partition coefficient (Wildman–Crippen LogP) is 5.81. The van der Waals surface area contributed by atoms with Crippen molar-refractivity contribution >= 4 is 43.9 Å². The van der Waals surface area contributed by atoms with Gasteiger partial charge in [-0.25, -0.2) is 0 Å². The van der Waals surface area contributed by atoms with E-state index in [0.717, 1.165) is 37.3 Å². The highest BCUT2D eigenvalue weighted by molar-refractivity contribution is 6.32. The highest BCUT2D eigenvalue weighted by Crippen LogP contribution is 2.38. The van der Waals surface area contributed by atoms with E-state index in [1.165, 1.54) is 5.56 Å². The van der Waals surface area contributed by atoms with Gasteiger partial charge in [0.2, 0.25) is 0 Å². The molecule has 2 heteroatoms. The number of fused-ring (bicyclic) bond motifs is 5. The van der Waals surface area contributed by atoms with Crippen molar-refractivity contribution in [2.24, 2.45) is 0 Å². The molecule has 0 amide bonds. The smallest absolute Gasteiger partial charge is 0.124 e. The van der Waals surface area contributed by atoms with Crippen molar-refractivity contribution in [3.05, 3.63) is 65.2 Å². The van der Waals surface area contributed by atoms with Crippen molar-refractivity contribution in [3.63, 3.8) is 0 Å². The molecule has 21 heavy (non-hydrogen) atoms. The third-order valence-corrected chi connectivity index (χ3v) is 4.34. The zero-order valence-electron chi connectivity index (χ0n) is 11.5. The Morgan fingerprint density at radius 3 is 2.48 bits per heavy atom. The largest absolute Gasteiger partial charge is 0.507 e. The molecule has 4 rings (SSSR count). The van der Waals surface area contributed by atoms with Gasteiger partial charge in [0.1, 0.15) is 5.75 Å². The Kier molecular flexibility index (Phi) is 2.60. The molecule has 0 aliphatic heterocycles. The minimum Gasteiger partial charge on any atom is -0.507 e. The summed E-state index contributed by atoms with van der Waals surface area (Å²) in [6.07, 6.45) is 0. The molecule has 4 aromatic carbocycles. The van der Waals surface area contributed by atoms with E-state index in [2.05, 4.69) is 31.2 Å². The number of halogens is 1. The van der Waals surface area contributed by atoms with Crippen LogP contribution in [0, 0.1) is 6.92 Å². The second-order valence-corrected chi connectivity index (χ2v) is 5.86. The first-order valence-corrected chi connectivity index (χ1v) is 7.26. The molecule has 0 unspecified atom stereocenters. The van der Waals surface area contributed by atoms with Crippen LogP contribution in [-0.4, -0.2) is 5.11 Å². The van der Waals surface area contributed by atoms with Crippen LogP contribution in [0.2, 0.25) is 5.02 Å². The zero-order valence-corrected chi connectivity index (χ0v) is 12.3. The first-order valence-electron chi connectivity index (χ1n) is 6.88. The van der Waals surface area contributed by atoms with Gasteiger partial charge in [-0.2, -0.15) is 0 Å². The standard InChI is InChI=1S/C19H13ClO/c1-11-9-13-6-5-12-10-14(20)7-8-16(12)18(13)19-15(11)3-2-4-17(19)21/h2-10,21H,1H3. The number of aromatic hydroxyl groups is 1. The molecule has 4 aromatic rings. The first kappa shape index (κ1) is 12.5. The summed E-state index contributed by atoms with van der Waals surface area (Å²) in [5.41, 5.74) is 1.17. The molecule has 0 heterocycles. The van der Waals surface area contributed by atoms with Crippen molar-refractivity contribution in [2.75, 3.05) is 0 Å². The van der Waals surface area contributed by atoms with Gasteiger partial charge in [-0.3, -0.25) is 0 Å². The lowest BCUT2D eigenvalue weighted by Gasteiger charge is -2.12. The van der Waals surface area contributed by atoms with Crippen LogP contribution < -0.4 is 0 Å². The third kappa shape index (κ3) is 1.78. The van der Waals surface area contributed by atoms with E-state index in [-0.39, 0.29) is 0 Å². The quantitative estimate of drug-likeness (QED) is 0.405. The summed E-state index contributed by atoms with van der Waals surface area (Å²) in [5.74, 6) is 0.323. The van der Waals surface area contributed by atoms with Gasteiger partial charge >= 0.3 is 0 Å². The molecule has 0 radical (unpaired) electrons. The summed E-state index contributed by atoms with van der Waals surface area (Å²) in [7, 11) is 0. The second-order valence-electron chi connectivity index (χ2n) is 5.42. The Morgan fingerprint density at radius 1 is 0.810 bits per heavy atom. The molecule has 0 saturated carbocycles. The fraction of sp³-hybridized carbons (Fsp3) is 0.0526. The van der Waals surface area contributed by atoms with Gasteiger partial charge in [-0.1, -0.05) is 48.0 Å². The predicted molar refractivity (Wildman–Crippen MR) is 90.4 cm³/mol. The van der Waals surface area contributed by atoms with Gasteiger partial charge in [0.25, 0.3) is 0 Å². The van der Waals surface area contributed by atoms with Crippen LogP contribution in [0.4, 0.5) is 0 Å². The van der Waals surface area contributed by atoms with Crippen molar-refractivity contribution in [1.82, 2.24) is 0 Å². The highest BCUT2D eigenvalue weighted by Gasteiger charge is 2.11. The van der Waals surface area contributed by atoms with Crippen LogP contribution in [0.5, 0.6) is 5.75 Å². The SMILES string of the molecule is Cc1cc2ccc3cc(Cl)ccc3c2c2c(O)cccc12. The van der Waals surface area contributed by atoms with Crippen LogP contribution in [-0.2, 0) is 0 Å². The molecule has 0 bridgehead atoms. The lowest BCUT2D eigenvalue weighted by Crippen LogP contribution is -1.85. The number of aryl methyl sites for hydroxylation is 1. The van der Waals surface area contributed by atoms with Crippen molar-refractivity contribution in [2.45, 2.75) is 6.92 Å². The summed E-state index contributed by atoms with van der Waals surface area (Å²) in [5, 5.41) is 17.5. The Hall–Kier alpha value is -2.25. The Bertz CT molecular complexity index is 1020. The van der Waals surface area contributed by atoms with Crippen LogP contribution in [0.15, 0.2) is 54.6 Å². The first-order chi connectivity index (χ1) is 10.1. The zero-order chi connectivity index (χ0) is 14.6. The maximum absolute atomic E-state index is 10.4. The number of rotatable bonds is 0. The Labute approximate surface area is 127 Å². The summed E-state index contributed by atoms with van der Waals surface area (Å²) in [6.45, 7) is 2.08. The Morgan fingerprint density at radius 2 is 1.62 bits per heavy atom. The molecule has 0 spiro atoms. The lowest BCUT2D eigenvalue weighted by molar-refractivity contribution is 0.482. The van der Waals surface area contributed by atoms with Crippen LogP contribution in [0.1, 0.15) is 5.56 Å². The van der Waals surface area contributed by atoms with Crippen LogP contribution >= 0.6 is 11.6 Å². The monoisotopic (exact) mass is 292 g/mol. The maximum Gasteiger partial charge on any atom is 0.124 e. The van der Waals surface area contributed by atoms with E-state index >= 15 is 0 Å². The normalized spacial score (nSPS) is 11.5. The Balaban J connectivity index is 2.37. The molecular formula is C19H13ClO. The average Bonchev–Trinajstić information content (AvgIpc) is 2.47. The van der Waals surface area contributed by atoms with E-state index in [9.17, 15) is 5.11 Å². The summed E-state index contributed by atoms with van der Waals surface area (Å²) < 4.78 is 0. The van der Waals surface area contributed by atoms with Gasteiger partial charge in [0.05, 0.1) is 0 Å². The number of phenols is 1. The number of benzene rings is 4. The van der Waals surface area contributed by atoms with Crippen molar-refractivity contribution < 1.29 is 5.11 Å². The maximum atomic E-state index is 10.4. The average molecular weight is 293 g/mol.